The summed E-state index contributed by atoms with van der Waals surface area (Å²) >= 11 is 0. The van der Waals surface area contributed by atoms with Gasteiger partial charge in [0.1, 0.15) is 12.4 Å². The van der Waals surface area contributed by atoms with Crippen LogP contribution in [0.4, 0.5) is 4.39 Å². The second-order valence-electron chi connectivity index (χ2n) is 7.43. The number of fused-ring (bicyclic) bond motifs is 1. The highest BCUT2D eigenvalue weighted by Crippen LogP contribution is 2.29. The molecule has 1 amide bonds. The van der Waals surface area contributed by atoms with Gasteiger partial charge in [-0.2, -0.15) is 5.10 Å². The zero-order valence-electron chi connectivity index (χ0n) is 18.1. The second kappa shape index (κ2) is 10.4. The third-order valence-corrected chi connectivity index (χ3v) is 5.13. The van der Waals surface area contributed by atoms with Crippen molar-refractivity contribution in [3.63, 3.8) is 0 Å². The maximum absolute atomic E-state index is 13.0. The van der Waals surface area contributed by atoms with E-state index in [1.54, 1.807) is 25.3 Å². The lowest BCUT2D eigenvalue weighted by Crippen LogP contribution is -2.19. The topological polar surface area (TPSA) is 59.9 Å². The number of nitrogens with zero attached hydrogens (tertiary/aromatic N) is 1. The standard InChI is InChI=1S/C27H23FN2O3/c1-32-26-15-20(17-29-30-27(31)16-19-9-12-23(28)13-10-19)11-14-25(26)33-18-22-7-4-6-21-5-2-3-8-24(21)22/h2-15,17H,16,18H2,1H3,(H,30,31)/b29-17+. The van der Waals surface area contributed by atoms with Gasteiger partial charge in [-0.3, -0.25) is 4.79 Å². The normalized spacial score (nSPS) is 11.0. The molecule has 0 aliphatic heterocycles. The van der Waals surface area contributed by atoms with E-state index >= 15 is 0 Å². The van der Waals surface area contributed by atoms with Crippen LogP contribution in [0.15, 0.2) is 90.0 Å². The molecule has 4 rings (SSSR count). The predicted octanol–water partition coefficient (Wildman–Crippen LogP) is 5.26. The Morgan fingerprint density at radius 2 is 1.76 bits per heavy atom. The van der Waals surface area contributed by atoms with Gasteiger partial charge < -0.3 is 9.47 Å². The van der Waals surface area contributed by atoms with Crippen LogP contribution >= 0.6 is 0 Å². The highest BCUT2D eigenvalue weighted by molar-refractivity contribution is 5.86. The van der Waals surface area contributed by atoms with E-state index in [1.807, 2.05) is 36.4 Å². The molecule has 6 heteroatoms. The van der Waals surface area contributed by atoms with Gasteiger partial charge in [-0.25, -0.2) is 9.82 Å². The fourth-order valence-corrected chi connectivity index (χ4v) is 3.46. The van der Waals surface area contributed by atoms with E-state index in [1.165, 1.54) is 23.7 Å². The van der Waals surface area contributed by atoms with Crippen LogP contribution in [0.1, 0.15) is 16.7 Å². The smallest absolute Gasteiger partial charge is 0.244 e. The van der Waals surface area contributed by atoms with Crippen LogP contribution < -0.4 is 14.9 Å². The molecule has 0 bridgehead atoms. The number of methoxy groups -OCH3 is 1. The molecule has 0 atom stereocenters. The monoisotopic (exact) mass is 442 g/mol. The lowest BCUT2D eigenvalue weighted by atomic mass is 10.1. The first-order valence-corrected chi connectivity index (χ1v) is 10.5. The average Bonchev–Trinajstić information content (AvgIpc) is 2.84. The molecule has 0 saturated heterocycles. The summed E-state index contributed by atoms with van der Waals surface area (Å²) in [5, 5.41) is 6.31. The Balaban J connectivity index is 1.38. The fourth-order valence-electron chi connectivity index (χ4n) is 3.46. The summed E-state index contributed by atoms with van der Waals surface area (Å²) in [6, 6.07) is 25.5. The molecule has 0 heterocycles. The number of carbonyl (C=O) groups excluding carboxylic acids is 1. The van der Waals surface area contributed by atoms with E-state index in [2.05, 4.69) is 28.7 Å². The Labute approximate surface area is 191 Å². The van der Waals surface area contributed by atoms with E-state index in [0.29, 0.717) is 23.7 Å². The van der Waals surface area contributed by atoms with Crippen molar-refractivity contribution >= 4 is 22.9 Å². The van der Waals surface area contributed by atoms with Crippen LogP contribution in [-0.2, 0) is 17.8 Å². The third kappa shape index (κ3) is 5.74. The van der Waals surface area contributed by atoms with Crippen molar-refractivity contribution in [2.75, 3.05) is 7.11 Å². The van der Waals surface area contributed by atoms with Gasteiger partial charge in [0.2, 0.25) is 5.91 Å². The molecule has 5 nitrogen and oxygen atoms in total. The SMILES string of the molecule is COc1cc(/C=N/NC(=O)Cc2ccc(F)cc2)ccc1OCc1cccc2ccccc12. The number of hydrogen-bond acceptors (Lipinski definition) is 4. The lowest BCUT2D eigenvalue weighted by molar-refractivity contribution is -0.120. The molecule has 4 aromatic rings. The minimum Gasteiger partial charge on any atom is -0.493 e. The number of benzene rings is 4. The number of amides is 1. The van der Waals surface area contributed by atoms with E-state index in [9.17, 15) is 9.18 Å². The molecule has 4 aromatic carbocycles. The molecule has 0 spiro atoms. The van der Waals surface area contributed by atoms with Gasteiger partial charge >= 0.3 is 0 Å². The number of carbonyl (C=O) groups is 1. The molecular formula is C27H23FN2O3. The van der Waals surface area contributed by atoms with E-state index in [4.69, 9.17) is 9.47 Å². The minimum atomic E-state index is -0.337. The molecule has 1 N–H and O–H groups in total. The summed E-state index contributed by atoms with van der Waals surface area (Å²) in [5.41, 5.74) is 5.01. The van der Waals surface area contributed by atoms with Crippen molar-refractivity contribution in [2.24, 2.45) is 5.10 Å². The number of nitrogens with one attached hydrogen (secondary N) is 1. The largest absolute Gasteiger partial charge is 0.493 e. The Bertz CT molecular complexity index is 1280. The molecule has 0 aliphatic rings. The Morgan fingerprint density at radius 1 is 0.970 bits per heavy atom. The molecule has 0 unspecified atom stereocenters. The molecular weight excluding hydrogens is 419 g/mol. The van der Waals surface area contributed by atoms with Gasteiger partial charge in [0.25, 0.3) is 0 Å². The molecule has 0 aliphatic carbocycles. The average molecular weight is 442 g/mol. The predicted molar refractivity (Wildman–Crippen MR) is 127 cm³/mol. The molecule has 166 valence electrons. The maximum Gasteiger partial charge on any atom is 0.244 e. The molecule has 0 fully saturated rings. The molecule has 0 saturated carbocycles. The van der Waals surface area contributed by atoms with Crippen molar-refractivity contribution in [3.05, 3.63) is 107 Å². The van der Waals surface area contributed by atoms with Crippen molar-refractivity contribution < 1.29 is 18.7 Å². The Hall–Kier alpha value is -4.19. The fraction of sp³-hybridized carbons (Fsp3) is 0.111. The number of halogens is 1. The van der Waals surface area contributed by atoms with Crippen molar-refractivity contribution in [3.8, 4) is 11.5 Å². The van der Waals surface area contributed by atoms with E-state index in [0.717, 1.165) is 16.5 Å². The first-order valence-electron chi connectivity index (χ1n) is 10.5. The van der Waals surface area contributed by atoms with Crippen LogP contribution in [0, 0.1) is 5.82 Å². The summed E-state index contributed by atoms with van der Waals surface area (Å²) in [6.45, 7) is 0.407. The summed E-state index contributed by atoms with van der Waals surface area (Å²) < 4.78 is 24.5. The van der Waals surface area contributed by atoms with Crippen LogP contribution in [0.2, 0.25) is 0 Å². The molecule has 0 aromatic heterocycles. The maximum atomic E-state index is 13.0. The van der Waals surface area contributed by atoms with E-state index in [-0.39, 0.29) is 18.1 Å². The second-order valence-corrected chi connectivity index (χ2v) is 7.43. The van der Waals surface area contributed by atoms with Crippen molar-refractivity contribution in [1.82, 2.24) is 5.43 Å². The van der Waals surface area contributed by atoms with Crippen LogP contribution in [0.3, 0.4) is 0 Å². The minimum absolute atomic E-state index is 0.113. The number of hydrazone groups is 1. The van der Waals surface area contributed by atoms with Crippen LogP contribution in [0.25, 0.3) is 10.8 Å². The van der Waals surface area contributed by atoms with Gasteiger partial charge in [0.15, 0.2) is 11.5 Å². The zero-order valence-corrected chi connectivity index (χ0v) is 18.1. The summed E-state index contributed by atoms with van der Waals surface area (Å²) in [6.07, 6.45) is 1.64. The summed E-state index contributed by atoms with van der Waals surface area (Å²) in [4.78, 5) is 12.0. The van der Waals surface area contributed by atoms with Crippen LogP contribution in [0.5, 0.6) is 11.5 Å². The van der Waals surface area contributed by atoms with Crippen molar-refractivity contribution in [2.45, 2.75) is 13.0 Å². The first kappa shape index (κ1) is 22.0. The highest BCUT2D eigenvalue weighted by Gasteiger charge is 2.08. The van der Waals surface area contributed by atoms with Crippen LogP contribution in [-0.4, -0.2) is 19.2 Å². The van der Waals surface area contributed by atoms with Gasteiger partial charge in [0.05, 0.1) is 19.7 Å². The lowest BCUT2D eigenvalue weighted by Gasteiger charge is -2.12. The first-order chi connectivity index (χ1) is 16.1. The summed E-state index contributed by atoms with van der Waals surface area (Å²) in [7, 11) is 1.57. The number of hydrogen-bond donors (Lipinski definition) is 1. The Morgan fingerprint density at radius 3 is 2.58 bits per heavy atom. The van der Waals surface area contributed by atoms with Crippen molar-refractivity contribution in [1.29, 1.82) is 0 Å². The van der Waals surface area contributed by atoms with E-state index < -0.39 is 0 Å². The quantitative estimate of drug-likeness (QED) is 0.299. The van der Waals surface area contributed by atoms with Gasteiger partial charge in [-0.15, -0.1) is 0 Å². The highest BCUT2D eigenvalue weighted by atomic mass is 19.1. The number of rotatable bonds is 8. The zero-order chi connectivity index (χ0) is 23.0. The third-order valence-electron chi connectivity index (χ3n) is 5.13. The number of ether oxygens (including phenoxy) is 2. The summed E-state index contributed by atoms with van der Waals surface area (Å²) in [5.74, 6) is 0.551. The Kier molecular flexibility index (Phi) is 6.95. The molecule has 33 heavy (non-hydrogen) atoms. The van der Waals surface area contributed by atoms with Gasteiger partial charge in [0, 0.05) is 0 Å². The van der Waals surface area contributed by atoms with Gasteiger partial charge in [-0.05, 0) is 57.8 Å². The molecule has 0 radical (unpaired) electrons. The van der Waals surface area contributed by atoms with Gasteiger partial charge in [-0.1, -0.05) is 54.6 Å².